The number of unbranched alkanes of at least 4 members (excludes halogenated alkanes) is 1. The van der Waals surface area contributed by atoms with Crippen LogP contribution in [0.3, 0.4) is 0 Å². The number of hydrogen-bond acceptors (Lipinski definition) is 3. The van der Waals surface area contributed by atoms with Gasteiger partial charge in [0.25, 0.3) is 0 Å². The summed E-state index contributed by atoms with van der Waals surface area (Å²) in [4.78, 5) is 18.6. The summed E-state index contributed by atoms with van der Waals surface area (Å²) in [7, 11) is 1.72. The molecule has 1 amide bonds. The summed E-state index contributed by atoms with van der Waals surface area (Å²) in [5.41, 5.74) is 2.29. The summed E-state index contributed by atoms with van der Waals surface area (Å²) in [6.45, 7) is 5.39. The molecule has 0 aromatic heterocycles. The highest BCUT2D eigenvalue weighted by Gasteiger charge is 2.21. The van der Waals surface area contributed by atoms with Gasteiger partial charge in [0.05, 0.1) is 6.54 Å². The van der Waals surface area contributed by atoms with Gasteiger partial charge in [0.15, 0.2) is 5.96 Å². The first kappa shape index (κ1) is 19.2. The molecule has 0 spiro atoms. The van der Waals surface area contributed by atoms with Crippen LogP contribution in [-0.4, -0.2) is 51.8 Å². The van der Waals surface area contributed by atoms with E-state index in [0.29, 0.717) is 5.96 Å². The lowest BCUT2D eigenvalue weighted by Gasteiger charge is -2.29. The smallest absolute Gasteiger partial charge is 0.246 e. The number of ether oxygens (including phenoxy) is 1. The molecule has 2 N–H and O–H groups in total. The second-order valence-electron chi connectivity index (χ2n) is 6.03. The zero-order chi connectivity index (χ0) is 17.9. The average molecular weight is 346 g/mol. The maximum atomic E-state index is 12.6. The molecule has 1 aliphatic rings. The molecular weight excluding hydrogens is 316 g/mol. The van der Waals surface area contributed by atoms with Crippen molar-refractivity contribution >= 4 is 17.6 Å². The van der Waals surface area contributed by atoms with Gasteiger partial charge in [0, 0.05) is 39.0 Å². The minimum Gasteiger partial charge on any atom is -0.382 e. The van der Waals surface area contributed by atoms with Crippen molar-refractivity contribution in [2.24, 2.45) is 4.99 Å². The summed E-state index contributed by atoms with van der Waals surface area (Å²) in [5.74, 6) is 0.738. The number of para-hydroxylation sites is 1. The zero-order valence-electron chi connectivity index (χ0n) is 15.4. The van der Waals surface area contributed by atoms with E-state index in [-0.39, 0.29) is 12.5 Å². The van der Waals surface area contributed by atoms with E-state index in [9.17, 15) is 4.79 Å². The number of hydrogen-bond donors (Lipinski definition) is 2. The Morgan fingerprint density at radius 3 is 2.92 bits per heavy atom. The van der Waals surface area contributed by atoms with E-state index < -0.39 is 0 Å². The zero-order valence-corrected chi connectivity index (χ0v) is 15.4. The van der Waals surface area contributed by atoms with E-state index in [1.807, 2.05) is 30.0 Å². The second kappa shape index (κ2) is 10.7. The van der Waals surface area contributed by atoms with Crippen LogP contribution < -0.4 is 15.5 Å². The van der Waals surface area contributed by atoms with Crippen LogP contribution in [0, 0.1) is 0 Å². The van der Waals surface area contributed by atoms with E-state index in [4.69, 9.17) is 4.74 Å². The molecule has 2 rings (SSSR count). The Bertz CT molecular complexity index is 574. The molecule has 0 saturated carbocycles. The van der Waals surface area contributed by atoms with Crippen molar-refractivity contribution in [1.82, 2.24) is 10.6 Å². The van der Waals surface area contributed by atoms with Crippen LogP contribution in [0.2, 0.25) is 0 Å². The monoisotopic (exact) mass is 346 g/mol. The number of carbonyl (C=O) groups excluding carboxylic acids is 1. The summed E-state index contributed by atoms with van der Waals surface area (Å²) in [5, 5.41) is 6.35. The van der Waals surface area contributed by atoms with Gasteiger partial charge in [-0.3, -0.25) is 9.79 Å². The lowest BCUT2D eigenvalue weighted by molar-refractivity contribution is -0.117. The van der Waals surface area contributed by atoms with Crippen molar-refractivity contribution in [3.05, 3.63) is 29.8 Å². The fourth-order valence-corrected chi connectivity index (χ4v) is 2.95. The molecule has 6 heteroatoms. The van der Waals surface area contributed by atoms with Crippen molar-refractivity contribution in [3.8, 4) is 0 Å². The third-order valence-corrected chi connectivity index (χ3v) is 4.25. The van der Waals surface area contributed by atoms with Crippen LogP contribution in [0.1, 0.15) is 31.7 Å². The highest BCUT2D eigenvalue weighted by Crippen LogP contribution is 2.26. The number of guanidine groups is 1. The van der Waals surface area contributed by atoms with Crippen LogP contribution >= 0.6 is 0 Å². The Morgan fingerprint density at radius 2 is 2.12 bits per heavy atom. The normalized spacial score (nSPS) is 14.2. The van der Waals surface area contributed by atoms with Crippen LogP contribution in [0.15, 0.2) is 29.3 Å². The van der Waals surface area contributed by atoms with Crippen LogP contribution in [-0.2, 0) is 16.0 Å². The molecule has 0 unspecified atom stereocenters. The molecule has 1 heterocycles. The number of aryl methyl sites for hydroxylation is 1. The number of fused-ring (bicyclic) bond motifs is 1. The lowest BCUT2D eigenvalue weighted by atomic mass is 10.0. The molecule has 0 saturated heterocycles. The Hall–Kier alpha value is -2.08. The number of carbonyl (C=O) groups is 1. The van der Waals surface area contributed by atoms with E-state index in [2.05, 4.69) is 21.7 Å². The highest BCUT2D eigenvalue weighted by molar-refractivity contribution is 5.98. The fraction of sp³-hybridized carbons (Fsp3) is 0.579. The van der Waals surface area contributed by atoms with Crippen molar-refractivity contribution in [2.45, 2.75) is 32.6 Å². The molecule has 138 valence electrons. The Labute approximate surface area is 150 Å². The van der Waals surface area contributed by atoms with E-state index in [1.54, 1.807) is 7.05 Å². The van der Waals surface area contributed by atoms with E-state index >= 15 is 0 Å². The van der Waals surface area contributed by atoms with Crippen LogP contribution in [0.5, 0.6) is 0 Å². The van der Waals surface area contributed by atoms with Gasteiger partial charge < -0.3 is 20.3 Å². The van der Waals surface area contributed by atoms with Crippen molar-refractivity contribution in [3.63, 3.8) is 0 Å². The van der Waals surface area contributed by atoms with Gasteiger partial charge in [-0.05, 0) is 44.2 Å². The van der Waals surface area contributed by atoms with Gasteiger partial charge >= 0.3 is 0 Å². The molecule has 6 nitrogen and oxygen atoms in total. The largest absolute Gasteiger partial charge is 0.382 e. The van der Waals surface area contributed by atoms with Gasteiger partial charge in [-0.15, -0.1) is 0 Å². The minimum absolute atomic E-state index is 0.0754. The average Bonchev–Trinajstić information content (AvgIpc) is 2.66. The topological polar surface area (TPSA) is 66.0 Å². The predicted molar refractivity (Wildman–Crippen MR) is 102 cm³/mol. The first-order valence-corrected chi connectivity index (χ1v) is 9.16. The molecular formula is C19H30N4O2. The Morgan fingerprint density at radius 1 is 1.28 bits per heavy atom. The minimum atomic E-state index is 0.0754. The Balaban J connectivity index is 1.75. The van der Waals surface area contributed by atoms with Gasteiger partial charge in [-0.1, -0.05) is 18.2 Å². The summed E-state index contributed by atoms with van der Waals surface area (Å²) in [6.07, 6.45) is 4.07. The van der Waals surface area contributed by atoms with Gasteiger partial charge in [-0.25, -0.2) is 0 Å². The summed E-state index contributed by atoms with van der Waals surface area (Å²) in [6, 6.07) is 8.14. The Kier molecular flexibility index (Phi) is 8.25. The number of rotatable bonds is 8. The van der Waals surface area contributed by atoms with E-state index in [1.165, 1.54) is 5.56 Å². The quantitative estimate of drug-likeness (QED) is 0.429. The van der Waals surface area contributed by atoms with Gasteiger partial charge in [0.2, 0.25) is 5.91 Å². The van der Waals surface area contributed by atoms with Crippen molar-refractivity contribution < 1.29 is 9.53 Å². The molecule has 1 aromatic rings. The molecule has 0 radical (unpaired) electrons. The van der Waals surface area contributed by atoms with Gasteiger partial charge in [0.1, 0.15) is 0 Å². The molecule has 0 fully saturated rings. The highest BCUT2D eigenvalue weighted by atomic mass is 16.5. The summed E-state index contributed by atoms with van der Waals surface area (Å²) >= 11 is 0. The fourth-order valence-electron chi connectivity index (χ4n) is 2.95. The molecule has 0 bridgehead atoms. The second-order valence-corrected chi connectivity index (χ2v) is 6.03. The maximum Gasteiger partial charge on any atom is 0.246 e. The van der Waals surface area contributed by atoms with E-state index in [0.717, 1.165) is 57.7 Å². The number of amides is 1. The molecule has 25 heavy (non-hydrogen) atoms. The third kappa shape index (κ3) is 6.05. The predicted octanol–water partition coefficient (Wildman–Crippen LogP) is 1.95. The maximum absolute atomic E-state index is 12.6. The summed E-state index contributed by atoms with van der Waals surface area (Å²) < 4.78 is 5.32. The number of nitrogens with one attached hydrogen (secondary N) is 2. The lowest BCUT2D eigenvalue weighted by Crippen LogP contribution is -2.46. The van der Waals surface area contributed by atoms with Crippen molar-refractivity contribution in [2.75, 3.05) is 44.8 Å². The standard InChI is InChI=1S/C19H30N4O2/c1-3-25-14-7-6-12-21-19(20-2)22-15-18(24)23-13-8-10-16-9-4-5-11-17(16)23/h4-5,9,11H,3,6-8,10,12-15H2,1-2H3,(H2,20,21,22). The SMILES string of the molecule is CCOCCCCNC(=NC)NCC(=O)N1CCCc2ccccc21. The van der Waals surface area contributed by atoms with Crippen molar-refractivity contribution in [1.29, 1.82) is 0 Å². The first-order chi connectivity index (χ1) is 12.3. The molecule has 1 aromatic carbocycles. The molecule has 1 aliphatic heterocycles. The van der Waals surface area contributed by atoms with Crippen LogP contribution in [0.25, 0.3) is 0 Å². The third-order valence-electron chi connectivity index (χ3n) is 4.25. The molecule has 0 aliphatic carbocycles. The van der Waals surface area contributed by atoms with Gasteiger partial charge in [-0.2, -0.15) is 0 Å². The number of aliphatic imine (C=N–C) groups is 1. The number of nitrogens with zero attached hydrogens (tertiary/aromatic N) is 2. The first-order valence-electron chi connectivity index (χ1n) is 9.16. The molecule has 0 atom stereocenters. The van der Waals surface area contributed by atoms with Crippen LogP contribution in [0.4, 0.5) is 5.69 Å². The number of benzene rings is 1. The number of anilines is 1.